The lowest BCUT2D eigenvalue weighted by Crippen LogP contribution is -2.28. The fourth-order valence-electron chi connectivity index (χ4n) is 2.27. The highest BCUT2D eigenvalue weighted by Gasteiger charge is 2.33. The van der Waals surface area contributed by atoms with E-state index in [2.05, 4.69) is 10.6 Å². The van der Waals surface area contributed by atoms with E-state index >= 15 is 0 Å². The molecule has 0 bridgehead atoms. The predicted octanol–water partition coefficient (Wildman–Crippen LogP) is 5.06. The minimum Gasteiger partial charge on any atom is -0.360 e. The average molecular weight is 394 g/mol. The van der Waals surface area contributed by atoms with Gasteiger partial charge in [0.05, 0.1) is 17.3 Å². The van der Waals surface area contributed by atoms with Gasteiger partial charge in [-0.1, -0.05) is 41.9 Å². The number of hydrogen-bond acceptors (Lipinski definition) is 3. The van der Waals surface area contributed by atoms with Crippen molar-refractivity contribution in [3.05, 3.63) is 76.5 Å². The molecule has 0 fully saturated rings. The van der Waals surface area contributed by atoms with Crippen LogP contribution in [-0.4, -0.2) is 5.91 Å². The number of nitrogens with one attached hydrogen (secondary N) is 2. The monoisotopic (exact) mass is 393 g/mol. The summed E-state index contributed by atoms with van der Waals surface area (Å²) < 4.78 is 39.3. The van der Waals surface area contributed by atoms with Crippen LogP contribution in [0, 0.1) is 11.3 Å². The van der Waals surface area contributed by atoms with Crippen molar-refractivity contribution in [2.75, 3.05) is 5.32 Å². The lowest BCUT2D eigenvalue weighted by atomic mass is 10.1. The van der Waals surface area contributed by atoms with E-state index in [0.29, 0.717) is 0 Å². The van der Waals surface area contributed by atoms with Crippen LogP contribution in [0.1, 0.15) is 24.1 Å². The number of benzene rings is 2. The van der Waals surface area contributed by atoms with Crippen LogP contribution in [-0.2, 0) is 11.0 Å². The Hall–Kier alpha value is -2.98. The molecule has 0 aliphatic carbocycles. The molecular formula is C19H15ClF3N3O. The van der Waals surface area contributed by atoms with Crippen LogP contribution in [0.4, 0.5) is 18.9 Å². The Balaban J connectivity index is 2.17. The van der Waals surface area contributed by atoms with Gasteiger partial charge in [0.1, 0.15) is 11.6 Å². The number of carbonyl (C=O) groups is 1. The van der Waals surface area contributed by atoms with Gasteiger partial charge in [0.15, 0.2) is 0 Å². The third kappa shape index (κ3) is 5.50. The van der Waals surface area contributed by atoms with Crippen LogP contribution in [0.15, 0.2) is 60.3 Å². The molecule has 1 atom stereocenters. The maximum Gasteiger partial charge on any atom is 0.418 e. The molecule has 0 aromatic heterocycles. The molecular weight excluding hydrogens is 379 g/mol. The summed E-state index contributed by atoms with van der Waals surface area (Å²) in [6.45, 7) is 1.73. The highest BCUT2D eigenvalue weighted by Crippen LogP contribution is 2.36. The number of carbonyl (C=O) groups excluding carboxylic acids is 1. The first kappa shape index (κ1) is 20.3. The van der Waals surface area contributed by atoms with Gasteiger partial charge in [-0.05, 0) is 30.7 Å². The van der Waals surface area contributed by atoms with Crippen LogP contribution >= 0.6 is 11.6 Å². The van der Waals surface area contributed by atoms with Gasteiger partial charge < -0.3 is 10.6 Å². The Morgan fingerprint density at radius 2 is 1.89 bits per heavy atom. The van der Waals surface area contributed by atoms with Crippen molar-refractivity contribution in [2.24, 2.45) is 0 Å². The van der Waals surface area contributed by atoms with Crippen molar-refractivity contribution >= 4 is 23.2 Å². The molecule has 0 aliphatic heterocycles. The molecule has 2 aromatic rings. The first-order chi connectivity index (χ1) is 12.7. The van der Waals surface area contributed by atoms with Crippen molar-refractivity contribution < 1.29 is 18.0 Å². The van der Waals surface area contributed by atoms with Gasteiger partial charge in [0.25, 0.3) is 5.91 Å². The Kier molecular flexibility index (Phi) is 6.48. The molecule has 2 rings (SSSR count). The van der Waals surface area contributed by atoms with Crippen LogP contribution in [0.2, 0.25) is 5.02 Å². The van der Waals surface area contributed by atoms with Gasteiger partial charge in [-0.2, -0.15) is 18.4 Å². The summed E-state index contributed by atoms with van der Waals surface area (Å²) in [6, 6.07) is 13.5. The van der Waals surface area contributed by atoms with Gasteiger partial charge in [0.2, 0.25) is 0 Å². The summed E-state index contributed by atoms with van der Waals surface area (Å²) in [5, 5.41) is 14.1. The number of hydrogen-bond donors (Lipinski definition) is 2. The van der Waals surface area contributed by atoms with Crippen molar-refractivity contribution in [3.63, 3.8) is 0 Å². The number of nitrogens with zero attached hydrogens (tertiary/aromatic N) is 1. The molecule has 1 unspecified atom stereocenters. The third-order valence-electron chi connectivity index (χ3n) is 3.67. The normalized spacial score (nSPS) is 12.8. The van der Waals surface area contributed by atoms with Gasteiger partial charge in [-0.25, -0.2) is 0 Å². The summed E-state index contributed by atoms with van der Waals surface area (Å²) >= 11 is 5.62. The van der Waals surface area contributed by atoms with E-state index in [1.807, 2.05) is 18.2 Å². The number of anilines is 1. The Morgan fingerprint density at radius 3 is 2.48 bits per heavy atom. The fourth-order valence-corrected chi connectivity index (χ4v) is 2.45. The number of rotatable bonds is 5. The standard InChI is InChI=1S/C19H15ClF3N3O/c1-12(13-5-3-2-4-6-13)26-18(27)14(10-24)11-25-17-8-7-15(20)9-16(17)19(21,22)23/h2-9,11-12,25H,1H3,(H,26,27)/b14-11-. The maximum atomic E-state index is 13.1. The second-order valence-corrected chi connectivity index (χ2v) is 6.04. The molecule has 0 aliphatic rings. The quantitative estimate of drug-likeness (QED) is 0.551. The van der Waals surface area contributed by atoms with Crippen LogP contribution < -0.4 is 10.6 Å². The Bertz CT molecular complexity index is 889. The molecule has 0 saturated carbocycles. The first-order valence-electron chi connectivity index (χ1n) is 7.81. The highest BCUT2D eigenvalue weighted by molar-refractivity contribution is 6.30. The Morgan fingerprint density at radius 1 is 1.22 bits per heavy atom. The number of amides is 1. The Labute approximate surface area is 159 Å². The smallest absolute Gasteiger partial charge is 0.360 e. The van der Waals surface area contributed by atoms with Gasteiger partial charge >= 0.3 is 6.18 Å². The zero-order valence-corrected chi connectivity index (χ0v) is 14.9. The minimum atomic E-state index is -4.64. The van der Waals surface area contributed by atoms with E-state index in [9.17, 15) is 18.0 Å². The van der Waals surface area contributed by atoms with E-state index < -0.39 is 17.6 Å². The van der Waals surface area contributed by atoms with E-state index in [1.54, 1.807) is 25.1 Å². The zero-order valence-electron chi connectivity index (χ0n) is 14.1. The summed E-state index contributed by atoms with van der Waals surface area (Å²) in [7, 11) is 0. The topological polar surface area (TPSA) is 64.9 Å². The van der Waals surface area contributed by atoms with E-state index in [-0.39, 0.29) is 22.3 Å². The van der Waals surface area contributed by atoms with Crippen molar-refractivity contribution in [3.8, 4) is 6.07 Å². The maximum absolute atomic E-state index is 13.1. The largest absolute Gasteiger partial charge is 0.418 e. The summed E-state index contributed by atoms with van der Waals surface area (Å²) in [5.74, 6) is -0.705. The third-order valence-corrected chi connectivity index (χ3v) is 3.91. The van der Waals surface area contributed by atoms with Crippen molar-refractivity contribution in [1.82, 2.24) is 5.32 Å². The molecule has 0 saturated heterocycles. The number of halogens is 4. The van der Waals surface area contributed by atoms with Gasteiger partial charge in [-0.3, -0.25) is 4.79 Å². The number of nitriles is 1. The second-order valence-electron chi connectivity index (χ2n) is 5.61. The van der Waals surface area contributed by atoms with Crippen LogP contribution in [0.5, 0.6) is 0 Å². The molecule has 2 N–H and O–H groups in total. The van der Waals surface area contributed by atoms with Gasteiger partial charge in [-0.15, -0.1) is 0 Å². The summed E-state index contributed by atoms with van der Waals surface area (Å²) in [5.41, 5.74) is -0.848. The molecule has 8 heteroatoms. The second kappa shape index (κ2) is 8.60. The molecule has 0 heterocycles. The summed E-state index contributed by atoms with van der Waals surface area (Å²) in [4.78, 5) is 12.2. The molecule has 0 radical (unpaired) electrons. The molecule has 0 spiro atoms. The number of alkyl halides is 3. The average Bonchev–Trinajstić information content (AvgIpc) is 2.63. The SMILES string of the molecule is CC(NC(=O)/C(C#N)=C\Nc1ccc(Cl)cc1C(F)(F)F)c1ccccc1. The molecule has 1 amide bonds. The van der Waals surface area contributed by atoms with Crippen LogP contribution in [0.3, 0.4) is 0 Å². The summed E-state index contributed by atoms with van der Waals surface area (Å²) in [6.07, 6.45) is -3.70. The highest BCUT2D eigenvalue weighted by atomic mass is 35.5. The predicted molar refractivity (Wildman–Crippen MR) is 96.8 cm³/mol. The van der Waals surface area contributed by atoms with Crippen molar-refractivity contribution in [1.29, 1.82) is 5.26 Å². The lowest BCUT2D eigenvalue weighted by molar-refractivity contribution is -0.136. The fraction of sp³-hybridized carbons (Fsp3) is 0.158. The zero-order chi connectivity index (χ0) is 20.0. The van der Waals surface area contributed by atoms with Gasteiger partial charge in [0, 0.05) is 11.2 Å². The van der Waals surface area contributed by atoms with E-state index in [0.717, 1.165) is 23.9 Å². The molecule has 27 heavy (non-hydrogen) atoms. The minimum absolute atomic E-state index is 0.0770. The van der Waals surface area contributed by atoms with Crippen molar-refractivity contribution in [2.45, 2.75) is 19.1 Å². The molecule has 2 aromatic carbocycles. The van der Waals surface area contributed by atoms with E-state index in [4.69, 9.17) is 16.9 Å². The molecule has 4 nitrogen and oxygen atoms in total. The van der Waals surface area contributed by atoms with E-state index in [1.165, 1.54) is 6.07 Å². The van der Waals surface area contributed by atoms with Crippen LogP contribution in [0.25, 0.3) is 0 Å². The molecule has 140 valence electrons. The first-order valence-corrected chi connectivity index (χ1v) is 8.19. The lowest BCUT2D eigenvalue weighted by Gasteiger charge is -2.15.